The van der Waals surface area contributed by atoms with Gasteiger partial charge in [0.1, 0.15) is 0 Å². The lowest BCUT2D eigenvalue weighted by atomic mass is 9.96. The van der Waals surface area contributed by atoms with Crippen molar-refractivity contribution in [2.45, 2.75) is 37.1 Å². The summed E-state index contributed by atoms with van der Waals surface area (Å²) < 4.78 is 29.2. The Morgan fingerprint density at radius 1 is 1.33 bits per heavy atom. The maximum absolute atomic E-state index is 12.4. The molecule has 0 radical (unpaired) electrons. The molecule has 0 aromatic carbocycles. The lowest BCUT2D eigenvalue weighted by Gasteiger charge is -2.28. The van der Waals surface area contributed by atoms with Gasteiger partial charge in [-0.2, -0.15) is 0 Å². The number of aryl methyl sites for hydroxylation is 1. The molecule has 0 aliphatic heterocycles. The van der Waals surface area contributed by atoms with Gasteiger partial charge in [-0.15, -0.1) is 0 Å². The first-order chi connectivity index (χ1) is 9.58. The van der Waals surface area contributed by atoms with Gasteiger partial charge in [-0.1, -0.05) is 6.92 Å². The number of rotatable bonds is 6. The largest absolute Gasteiger partial charge is 0.330 e. The van der Waals surface area contributed by atoms with Gasteiger partial charge in [-0.05, 0) is 26.3 Å². The molecule has 0 saturated carbocycles. The molecule has 3 N–H and O–H groups in total. The highest BCUT2D eigenvalue weighted by molar-refractivity contribution is 7.89. The van der Waals surface area contributed by atoms with Crippen LogP contribution < -0.4 is 21.7 Å². The zero-order chi connectivity index (χ0) is 16.4. The van der Waals surface area contributed by atoms with Crippen molar-refractivity contribution < 1.29 is 8.42 Å². The second kappa shape index (κ2) is 6.12. The molecule has 1 atom stereocenters. The third-order valence-electron chi connectivity index (χ3n) is 3.56. The summed E-state index contributed by atoms with van der Waals surface area (Å²) in [6.07, 6.45) is 2.00. The Morgan fingerprint density at radius 3 is 2.38 bits per heavy atom. The first-order valence-corrected chi connectivity index (χ1v) is 8.07. The average Bonchev–Trinajstić information content (AvgIpc) is 2.40. The van der Waals surface area contributed by atoms with Crippen molar-refractivity contribution in [3.8, 4) is 0 Å². The maximum Gasteiger partial charge on any atom is 0.330 e. The fourth-order valence-corrected chi connectivity index (χ4v) is 3.63. The molecule has 120 valence electrons. The van der Waals surface area contributed by atoms with E-state index in [1.54, 1.807) is 6.92 Å². The molecular weight excluding hydrogens is 296 g/mol. The minimum absolute atomic E-state index is 0.318. The Bertz CT molecular complexity index is 735. The number of hydrogen-bond acceptors (Lipinski definition) is 5. The van der Waals surface area contributed by atoms with Gasteiger partial charge in [-0.25, -0.2) is 17.9 Å². The summed E-state index contributed by atoms with van der Waals surface area (Å²) in [6.45, 7) is 3.87. The SMILES string of the molecule is CCC(C)(CCN)NS(=O)(=O)c1cn(C)c(=O)n(C)c1=O. The van der Waals surface area contributed by atoms with Crippen molar-refractivity contribution in [2.75, 3.05) is 6.54 Å². The van der Waals surface area contributed by atoms with E-state index >= 15 is 0 Å². The highest BCUT2D eigenvalue weighted by Crippen LogP contribution is 2.17. The van der Waals surface area contributed by atoms with Gasteiger partial charge in [0.25, 0.3) is 5.56 Å². The minimum atomic E-state index is -4.04. The molecule has 1 aromatic heterocycles. The average molecular weight is 318 g/mol. The normalized spacial score (nSPS) is 14.9. The van der Waals surface area contributed by atoms with Crippen molar-refractivity contribution in [3.05, 3.63) is 27.0 Å². The van der Waals surface area contributed by atoms with Crippen LogP contribution in [0.2, 0.25) is 0 Å². The molecule has 1 aromatic rings. The smallest absolute Gasteiger partial charge is 0.330 e. The predicted molar refractivity (Wildman–Crippen MR) is 79.6 cm³/mol. The number of nitrogens with one attached hydrogen (secondary N) is 1. The van der Waals surface area contributed by atoms with E-state index in [2.05, 4.69) is 4.72 Å². The lowest BCUT2D eigenvalue weighted by molar-refractivity contribution is 0.378. The molecule has 9 heteroatoms. The number of nitrogens with two attached hydrogens (primary N) is 1. The molecule has 0 spiro atoms. The first kappa shape index (κ1) is 17.6. The molecule has 0 saturated heterocycles. The van der Waals surface area contributed by atoms with Crippen LogP contribution in [0.5, 0.6) is 0 Å². The topological polar surface area (TPSA) is 116 Å². The van der Waals surface area contributed by atoms with E-state index in [4.69, 9.17) is 5.73 Å². The van der Waals surface area contributed by atoms with Gasteiger partial charge in [-0.3, -0.25) is 9.36 Å². The third kappa shape index (κ3) is 3.60. The van der Waals surface area contributed by atoms with Gasteiger partial charge in [0.2, 0.25) is 10.0 Å². The Morgan fingerprint density at radius 2 is 1.90 bits per heavy atom. The van der Waals surface area contributed by atoms with Crippen LogP contribution in [0.1, 0.15) is 26.7 Å². The maximum atomic E-state index is 12.4. The van der Waals surface area contributed by atoms with Crippen LogP contribution in [0.25, 0.3) is 0 Å². The Kier molecular flexibility index (Phi) is 5.13. The zero-order valence-electron chi connectivity index (χ0n) is 12.7. The predicted octanol–water partition coefficient (Wildman–Crippen LogP) is -1.12. The molecule has 0 aliphatic carbocycles. The van der Waals surface area contributed by atoms with E-state index < -0.39 is 31.7 Å². The Hall–Kier alpha value is -1.45. The molecule has 1 rings (SSSR count). The van der Waals surface area contributed by atoms with Gasteiger partial charge in [0, 0.05) is 25.8 Å². The standard InChI is InChI=1S/C12H22N4O4S/c1-5-12(2,6-7-13)14-21(19,20)9-8-15(3)11(18)16(4)10(9)17/h8,14H,5-7,13H2,1-4H3. The van der Waals surface area contributed by atoms with Crippen molar-refractivity contribution >= 4 is 10.0 Å². The van der Waals surface area contributed by atoms with Gasteiger partial charge in [0.05, 0.1) is 0 Å². The summed E-state index contributed by atoms with van der Waals surface area (Å²) in [5.74, 6) is 0. The van der Waals surface area contributed by atoms with E-state index in [0.29, 0.717) is 19.4 Å². The second-order valence-corrected chi connectivity index (χ2v) is 6.96. The van der Waals surface area contributed by atoms with Crippen LogP contribution in [0.15, 0.2) is 20.7 Å². The van der Waals surface area contributed by atoms with Crippen LogP contribution in [0.4, 0.5) is 0 Å². The van der Waals surface area contributed by atoms with Gasteiger partial charge < -0.3 is 10.3 Å². The molecule has 1 unspecified atom stereocenters. The highest BCUT2D eigenvalue weighted by Gasteiger charge is 2.30. The molecular formula is C12H22N4O4S. The summed E-state index contributed by atoms with van der Waals surface area (Å²) in [7, 11) is -1.42. The van der Waals surface area contributed by atoms with Crippen LogP contribution >= 0.6 is 0 Å². The quantitative estimate of drug-likeness (QED) is 0.689. The van der Waals surface area contributed by atoms with Crippen molar-refractivity contribution in [2.24, 2.45) is 19.8 Å². The van der Waals surface area contributed by atoms with Crippen LogP contribution in [0, 0.1) is 0 Å². The van der Waals surface area contributed by atoms with Crippen molar-refractivity contribution in [3.63, 3.8) is 0 Å². The summed E-state index contributed by atoms with van der Waals surface area (Å²) in [6, 6.07) is 0. The van der Waals surface area contributed by atoms with Crippen molar-refractivity contribution in [1.29, 1.82) is 0 Å². The summed E-state index contributed by atoms with van der Waals surface area (Å²) in [5, 5.41) is 0. The number of nitrogens with zero attached hydrogens (tertiary/aromatic N) is 2. The zero-order valence-corrected chi connectivity index (χ0v) is 13.5. The van der Waals surface area contributed by atoms with Crippen molar-refractivity contribution in [1.82, 2.24) is 13.9 Å². The van der Waals surface area contributed by atoms with Gasteiger partial charge in [0.15, 0.2) is 4.90 Å². The number of hydrogen-bond donors (Lipinski definition) is 2. The fourth-order valence-electron chi connectivity index (χ4n) is 1.96. The molecule has 0 fully saturated rings. The third-order valence-corrected chi connectivity index (χ3v) is 5.18. The fraction of sp³-hybridized carbons (Fsp3) is 0.667. The van der Waals surface area contributed by atoms with E-state index in [-0.39, 0.29) is 0 Å². The first-order valence-electron chi connectivity index (χ1n) is 6.58. The van der Waals surface area contributed by atoms with Gasteiger partial charge >= 0.3 is 5.69 Å². The molecule has 21 heavy (non-hydrogen) atoms. The minimum Gasteiger partial charge on any atom is -0.330 e. The second-order valence-electron chi connectivity index (χ2n) is 5.31. The Balaban J connectivity index is 3.40. The summed E-state index contributed by atoms with van der Waals surface area (Å²) in [4.78, 5) is 23.2. The molecule has 0 amide bonds. The Labute approximate surface area is 123 Å². The van der Waals surface area contributed by atoms with E-state index in [9.17, 15) is 18.0 Å². The van der Waals surface area contributed by atoms with E-state index in [0.717, 1.165) is 15.3 Å². The molecule has 8 nitrogen and oxygen atoms in total. The van der Waals surface area contributed by atoms with E-state index in [1.807, 2.05) is 6.92 Å². The lowest BCUT2D eigenvalue weighted by Crippen LogP contribution is -2.49. The highest BCUT2D eigenvalue weighted by atomic mass is 32.2. The van der Waals surface area contributed by atoms with Crippen LogP contribution in [0.3, 0.4) is 0 Å². The number of aromatic nitrogens is 2. The summed E-state index contributed by atoms with van der Waals surface area (Å²) in [5.41, 5.74) is 3.32. The summed E-state index contributed by atoms with van der Waals surface area (Å²) >= 11 is 0. The molecule has 1 heterocycles. The van der Waals surface area contributed by atoms with Crippen LogP contribution in [-0.4, -0.2) is 29.6 Å². The monoisotopic (exact) mass is 318 g/mol. The molecule has 0 aliphatic rings. The molecule has 0 bridgehead atoms. The van der Waals surface area contributed by atoms with E-state index in [1.165, 1.54) is 14.1 Å². The number of sulfonamides is 1. The van der Waals surface area contributed by atoms with Crippen LogP contribution in [-0.2, 0) is 24.1 Å².